The van der Waals surface area contributed by atoms with Crippen LogP contribution in [-0.2, 0) is 11.2 Å². The molecule has 5 heteroatoms. The van der Waals surface area contributed by atoms with E-state index in [1.54, 1.807) is 0 Å². The molecule has 138 valence electrons. The van der Waals surface area contributed by atoms with Gasteiger partial charge in [0.2, 0.25) is 0 Å². The molecule has 1 fully saturated rings. The van der Waals surface area contributed by atoms with E-state index in [-0.39, 0.29) is 6.61 Å². The molecular formula is C21H26N2O3. The predicted octanol–water partition coefficient (Wildman–Crippen LogP) is 2.62. The third-order valence-electron chi connectivity index (χ3n) is 4.54. The van der Waals surface area contributed by atoms with Gasteiger partial charge >= 0.3 is 0 Å². The summed E-state index contributed by atoms with van der Waals surface area (Å²) in [6.07, 6.45) is 3.39. The van der Waals surface area contributed by atoms with E-state index in [1.165, 1.54) is 31.5 Å². The van der Waals surface area contributed by atoms with Gasteiger partial charge in [0.05, 0.1) is 0 Å². The van der Waals surface area contributed by atoms with E-state index in [2.05, 4.69) is 11.0 Å². The van der Waals surface area contributed by atoms with Crippen molar-refractivity contribution in [3.05, 3.63) is 59.7 Å². The Morgan fingerprint density at radius 1 is 1.00 bits per heavy atom. The number of carbonyl (C=O) groups excluding carboxylic acids is 1. The number of carbonyl (C=O) groups is 1. The van der Waals surface area contributed by atoms with Crippen molar-refractivity contribution in [3.63, 3.8) is 0 Å². The Morgan fingerprint density at radius 3 is 2.46 bits per heavy atom. The van der Waals surface area contributed by atoms with Gasteiger partial charge in [0, 0.05) is 13.0 Å². The maximum Gasteiger partial charge on any atom is 0.255 e. The zero-order valence-corrected chi connectivity index (χ0v) is 15.0. The summed E-state index contributed by atoms with van der Waals surface area (Å²) in [5, 5.41) is 0. The van der Waals surface area contributed by atoms with Crippen LogP contribution in [0.2, 0.25) is 0 Å². The van der Waals surface area contributed by atoms with Crippen molar-refractivity contribution in [3.8, 4) is 11.5 Å². The summed E-state index contributed by atoms with van der Waals surface area (Å²) in [6.45, 7) is 3.98. The van der Waals surface area contributed by atoms with Crippen LogP contribution in [0.1, 0.15) is 24.0 Å². The molecule has 3 rings (SSSR count). The van der Waals surface area contributed by atoms with Crippen molar-refractivity contribution in [1.29, 1.82) is 0 Å². The predicted molar refractivity (Wildman–Crippen MR) is 102 cm³/mol. The number of para-hydroxylation sites is 1. The van der Waals surface area contributed by atoms with Gasteiger partial charge in [-0.15, -0.1) is 0 Å². The molecule has 1 amide bonds. The van der Waals surface area contributed by atoms with E-state index in [0.717, 1.165) is 30.9 Å². The quantitative estimate of drug-likeness (QED) is 0.752. The number of likely N-dealkylation sites (tertiary alicyclic amines) is 1. The summed E-state index contributed by atoms with van der Waals surface area (Å²) in [7, 11) is 0. The van der Waals surface area contributed by atoms with Crippen molar-refractivity contribution in [1.82, 2.24) is 4.90 Å². The Labute approximate surface area is 154 Å². The fraction of sp³-hybridized carbons (Fsp3) is 0.381. The number of nitrogens with two attached hydrogens (primary N) is 1. The largest absolute Gasteiger partial charge is 0.492 e. The van der Waals surface area contributed by atoms with E-state index < -0.39 is 5.91 Å². The van der Waals surface area contributed by atoms with Crippen LogP contribution in [0.5, 0.6) is 11.5 Å². The van der Waals surface area contributed by atoms with Crippen molar-refractivity contribution in [2.45, 2.75) is 19.3 Å². The number of nitrogens with zero attached hydrogens (tertiary/aromatic N) is 1. The number of amides is 1. The molecule has 0 aliphatic carbocycles. The zero-order chi connectivity index (χ0) is 18.2. The van der Waals surface area contributed by atoms with Crippen LogP contribution in [0.4, 0.5) is 0 Å². The van der Waals surface area contributed by atoms with Gasteiger partial charge in [0.1, 0.15) is 18.1 Å². The van der Waals surface area contributed by atoms with E-state index >= 15 is 0 Å². The highest BCUT2D eigenvalue weighted by Crippen LogP contribution is 2.23. The van der Waals surface area contributed by atoms with Gasteiger partial charge < -0.3 is 15.2 Å². The molecule has 2 aromatic carbocycles. The summed E-state index contributed by atoms with van der Waals surface area (Å²) >= 11 is 0. The second kappa shape index (κ2) is 9.25. The lowest BCUT2D eigenvalue weighted by Gasteiger charge is -2.16. The minimum atomic E-state index is -0.478. The molecule has 0 spiro atoms. The molecule has 0 bridgehead atoms. The van der Waals surface area contributed by atoms with Crippen LogP contribution < -0.4 is 15.2 Å². The van der Waals surface area contributed by atoms with Crippen LogP contribution in [0.25, 0.3) is 0 Å². The van der Waals surface area contributed by atoms with E-state index in [1.807, 2.05) is 42.5 Å². The van der Waals surface area contributed by atoms with E-state index in [4.69, 9.17) is 15.2 Å². The smallest absolute Gasteiger partial charge is 0.255 e. The molecule has 0 radical (unpaired) electrons. The first-order valence-electron chi connectivity index (χ1n) is 9.14. The topological polar surface area (TPSA) is 64.8 Å². The summed E-state index contributed by atoms with van der Waals surface area (Å²) in [5.74, 6) is 1.11. The molecule has 0 unspecified atom stereocenters. The third kappa shape index (κ3) is 5.49. The molecule has 26 heavy (non-hydrogen) atoms. The van der Waals surface area contributed by atoms with Crippen LogP contribution in [0, 0.1) is 0 Å². The number of hydrogen-bond acceptors (Lipinski definition) is 4. The molecule has 1 aliphatic heterocycles. The molecule has 0 atom stereocenters. The minimum Gasteiger partial charge on any atom is -0.492 e. The maximum atomic E-state index is 10.8. The van der Waals surface area contributed by atoms with Gasteiger partial charge in [-0.1, -0.05) is 30.3 Å². The fourth-order valence-corrected chi connectivity index (χ4v) is 3.16. The highest BCUT2D eigenvalue weighted by Gasteiger charge is 2.11. The normalized spacial score (nSPS) is 14.3. The van der Waals surface area contributed by atoms with Gasteiger partial charge in [-0.2, -0.15) is 0 Å². The lowest BCUT2D eigenvalue weighted by Crippen LogP contribution is -2.25. The average Bonchev–Trinajstić information content (AvgIpc) is 3.16. The van der Waals surface area contributed by atoms with Crippen molar-refractivity contribution in [2.75, 3.05) is 32.8 Å². The summed E-state index contributed by atoms with van der Waals surface area (Å²) in [5.41, 5.74) is 7.41. The Morgan fingerprint density at radius 2 is 1.73 bits per heavy atom. The summed E-state index contributed by atoms with van der Waals surface area (Å²) in [4.78, 5) is 13.2. The van der Waals surface area contributed by atoms with Crippen LogP contribution in [0.3, 0.4) is 0 Å². The van der Waals surface area contributed by atoms with Crippen LogP contribution in [-0.4, -0.2) is 43.7 Å². The number of benzene rings is 2. The second-order valence-electron chi connectivity index (χ2n) is 6.58. The second-order valence-corrected chi connectivity index (χ2v) is 6.58. The van der Waals surface area contributed by atoms with E-state index in [9.17, 15) is 4.79 Å². The third-order valence-corrected chi connectivity index (χ3v) is 4.54. The highest BCUT2D eigenvalue weighted by atomic mass is 16.5. The molecule has 2 N–H and O–H groups in total. The molecule has 2 aromatic rings. The van der Waals surface area contributed by atoms with Gasteiger partial charge in [0.15, 0.2) is 6.61 Å². The Hall–Kier alpha value is -2.53. The van der Waals surface area contributed by atoms with Crippen molar-refractivity contribution >= 4 is 5.91 Å². The van der Waals surface area contributed by atoms with Crippen molar-refractivity contribution < 1.29 is 14.3 Å². The number of primary amides is 1. The first-order valence-corrected chi connectivity index (χ1v) is 9.14. The lowest BCUT2D eigenvalue weighted by atomic mass is 10.0. The first kappa shape index (κ1) is 18.3. The Bertz CT molecular complexity index is 709. The molecule has 5 nitrogen and oxygen atoms in total. The number of rotatable bonds is 9. The van der Waals surface area contributed by atoms with Gasteiger partial charge in [-0.05, 0) is 55.3 Å². The van der Waals surface area contributed by atoms with Crippen LogP contribution in [0.15, 0.2) is 48.5 Å². The standard InChI is InChI=1S/C21H26N2O3/c22-21(24)16-26-19-9-7-17(8-10-19)15-18-5-1-2-6-20(18)25-14-13-23-11-3-4-12-23/h1-2,5-10H,3-4,11-16H2,(H2,22,24). The molecule has 0 saturated carbocycles. The molecular weight excluding hydrogens is 328 g/mol. The monoisotopic (exact) mass is 354 g/mol. The SMILES string of the molecule is NC(=O)COc1ccc(Cc2ccccc2OCCN2CCCC2)cc1. The Kier molecular flexibility index (Phi) is 6.50. The first-order chi connectivity index (χ1) is 12.7. The Balaban J connectivity index is 1.56. The van der Waals surface area contributed by atoms with Gasteiger partial charge in [0.25, 0.3) is 5.91 Å². The average molecular weight is 354 g/mol. The molecule has 0 aromatic heterocycles. The number of hydrogen-bond donors (Lipinski definition) is 1. The van der Waals surface area contributed by atoms with Crippen LogP contribution >= 0.6 is 0 Å². The maximum absolute atomic E-state index is 10.8. The minimum absolute atomic E-state index is 0.104. The lowest BCUT2D eigenvalue weighted by molar-refractivity contribution is -0.119. The summed E-state index contributed by atoms with van der Waals surface area (Å²) < 4.78 is 11.3. The zero-order valence-electron chi connectivity index (χ0n) is 15.0. The highest BCUT2D eigenvalue weighted by molar-refractivity contribution is 5.75. The van der Waals surface area contributed by atoms with Crippen molar-refractivity contribution in [2.24, 2.45) is 5.73 Å². The van der Waals surface area contributed by atoms with Gasteiger partial charge in [-0.3, -0.25) is 9.69 Å². The van der Waals surface area contributed by atoms with E-state index in [0.29, 0.717) is 5.75 Å². The summed E-state index contributed by atoms with van der Waals surface area (Å²) in [6, 6.07) is 15.9. The molecule has 1 heterocycles. The van der Waals surface area contributed by atoms with Gasteiger partial charge in [-0.25, -0.2) is 0 Å². The number of ether oxygens (including phenoxy) is 2. The fourth-order valence-electron chi connectivity index (χ4n) is 3.16. The molecule has 1 aliphatic rings. The molecule has 1 saturated heterocycles.